The quantitative estimate of drug-likeness (QED) is 0.844. The lowest BCUT2D eigenvalue weighted by Crippen LogP contribution is -2.39. The van der Waals surface area contributed by atoms with E-state index in [9.17, 15) is 21.6 Å². The minimum Gasteiger partial charge on any atom is -0.396 e. The summed E-state index contributed by atoms with van der Waals surface area (Å²) in [6.07, 6.45) is -4.62. The van der Waals surface area contributed by atoms with Crippen molar-refractivity contribution in [3.63, 3.8) is 0 Å². The van der Waals surface area contributed by atoms with Crippen LogP contribution in [-0.4, -0.2) is 26.2 Å². The number of rotatable bonds is 6. The zero-order valence-electron chi connectivity index (χ0n) is 11.7. The minimum atomic E-state index is -4.75. The Labute approximate surface area is 122 Å². The molecule has 1 rings (SSSR count). The fourth-order valence-electron chi connectivity index (χ4n) is 1.87. The lowest BCUT2D eigenvalue weighted by molar-refractivity contribution is -0.139. The first kappa shape index (κ1) is 17.9. The fourth-order valence-corrected chi connectivity index (χ4v) is 3.51. The molecule has 0 saturated carbocycles. The van der Waals surface area contributed by atoms with Gasteiger partial charge in [0.05, 0.1) is 10.5 Å². The van der Waals surface area contributed by atoms with Gasteiger partial charge >= 0.3 is 6.18 Å². The molecule has 0 amide bonds. The van der Waals surface area contributed by atoms with Crippen molar-refractivity contribution in [1.82, 2.24) is 4.72 Å². The number of hydrogen-bond donors (Lipinski definition) is 2. The maximum absolute atomic E-state index is 12.9. The fraction of sp³-hybridized carbons (Fsp3) is 0.538. The highest BCUT2D eigenvalue weighted by Crippen LogP contribution is 2.34. The van der Waals surface area contributed by atoms with E-state index in [1.807, 2.05) is 0 Å². The molecule has 1 aromatic rings. The van der Waals surface area contributed by atoms with Crippen LogP contribution in [0.3, 0.4) is 0 Å². The minimum absolute atomic E-state index is 0.130. The van der Waals surface area contributed by atoms with E-state index < -0.39 is 32.7 Å². The van der Waals surface area contributed by atoms with Gasteiger partial charge in [0.2, 0.25) is 10.0 Å². The normalized spacial score (nSPS) is 14.4. The van der Waals surface area contributed by atoms with E-state index in [-0.39, 0.29) is 18.9 Å². The van der Waals surface area contributed by atoms with Gasteiger partial charge in [0.15, 0.2) is 0 Å². The van der Waals surface area contributed by atoms with Crippen molar-refractivity contribution in [2.24, 2.45) is 5.92 Å². The first-order valence-corrected chi connectivity index (χ1v) is 7.87. The Balaban J connectivity index is 3.20. The predicted octanol–water partition coefficient (Wildman–Crippen LogP) is 2.39. The molecule has 0 aliphatic heterocycles. The summed E-state index contributed by atoms with van der Waals surface area (Å²) in [5.74, 6) is -0.162. The Morgan fingerprint density at radius 3 is 2.29 bits per heavy atom. The second-order valence-electron chi connectivity index (χ2n) is 4.98. The molecule has 8 heteroatoms. The smallest absolute Gasteiger partial charge is 0.396 e. The highest BCUT2D eigenvalue weighted by molar-refractivity contribution is 7.89. The van der Waals surface area contributed by atoms with Crippen molar-refractivity contribution in [3.8, 4) is 0 Å². The average Bonchev–Trinajstić information content (AvgIpc) is 2.37. The van der Waals surface area contributed by atoms with E-state index in [0.29, 0.717) is 0 Å². The summed E-state index contributed by atoms with van der Waals surface area (Å²) in [7, 11) is -4.32. The molecule has 0 heterocycles. The number of sulfonamides is 1. The maximum Gasteiger partial charge on any atom is 0.417 e. The molecule has 4 nitrogen and oxygen atoms in total. The van der Waals surface area contributed by atoms with Crippen LogP contribution >= 0.6 is 0 Å². The molecule has 0 radical (unpaired) electrons. The third-order valence-electron chi connectivity index (χ3n) is 3.03. The maximum atomic E-state index is 12.9. The first-order chi connectivity index (χ1) is 9.59. The van der Waals surface area contributed by atoms with Crippen LogP contribution in [0, 0.1) is 5.92 Å². The Kier molecular flexibility index (Phi) is 5.77. The van der Waals surface area contributed by atoms with Gasteiger partial charge in [0, 0.05) is 12.6 Å². The highest BCUT2D eigenvalue weighted by atomic mass is 32.2. The molecule has 120 valence electrons. The topological polar surface area (TPSA) is 66.4 Å². The van der Waals surface area contributed by atoms with Crippen molar-refractivity contribution in [3.05, 3.63) is 29.8 Å². The number of nitrogens with one attached hydrogen (secondary N) is 1. The number of hydrogen-bond acceptors (Lipinski definition) is 3. The molecule has 1 unspecified atom stereocenters. The Bertz CT molecular complexity index is 570. The lowest BCUT2D eigenvalue weighted by Gasteiger charge is -2.22. The summed E-state index contributed by atoms with van der Waals surface area (Å²) < 4.78 is 65.3. The Hall–Kier alpha value is -1.12. The molecule has 0 aliphatic rings. The van der Waals surface area contributed by atoms with Gasteiger partial charge in [0.25, 0.3) is 0 Å². The average molecular weight is 325 g/mol. The van der Waals surface area contributed by atoms with E-state index in [2.05, 4.69) is 4.72 Å². The standard InChI is InChI=1S/C13H18F3NO3S/c1-9(2)11(7-8-18)17-21(19,20)12-6-4-3-5-10(12)13(14,15)16/h3-6,9,11,17-18H,7-8H2,1-2H3. The predicted molar refractivity (Wildman–Crippen MR) is 72.1 cm³/mol. The molecule has 21 heavy (non-hydrogen) atoms. The van der Waals surface area contributed by atoms with E-state index in [1.54, 1.807) is 13.8 Å². The van der Waals surface area contributed by atoms with Crippen LogP contribution in [0.2, 0.25) is 0 Å². The second kappa shape index (κ2) is 6.76. The van der Waals surface area contributed by atoms with Gasteiger partial charge in [0.1, 0.15) is 0 Å². The number of alkyl halides is 3. The molecular weight excluding hydrogens is 307 g/mol. The Morgan fingerprint density at radius 2 is 1.81 bits per heavy atom. The highest BCUT2D eigenvalue weighted by Gasteiger charge is 2.37. The lowest BCUT2D eigenvalue weighted by atomic mass is 10.0. The summed E-state index contributed by atoms with van der Waals surface area (Å²) in [5, 5.41) is 8.92. The van der Waals surface area contributed by atoms with Crippen LogP contribution in [0.4, 0.5) is 13.2 Å². The van der Waals surface area contributed by atoms with E-state index in [4.69, 9.17) is 5.11 Å². The third kappa shape index (κ3) is 4.69. The van der Waals surface area contributed by atoms with Crippen molar-refractivity contribution in [2.45, 2.75) is 37.4 Å². The zero-order valence-corrected chi connectivity index (χ0v) is 12.5. The monoisotopic (exact) mass is 325 g/mol. The number of aliphatic hydroxyl groups is 1. The van der Waals surface area contributed by atoms with Crippen LogP contribution in [-0.2, 0) is 16.2 Å². The van der Waals surface area contributed by atoms with Gasteiger partial charge < -0.3 is 5.11 Å². The van der Waals surface area contributed by atoms with Crippen LogP contribution < -0.4 is 4.72 Å². The SMILES string of the molecule is CC(C)C(CCO)NS(=O)(=O)c1ccccc1C(F)(F)F. The molecule has 0 saturated heterocycles. The second-order valence-corrected chi connectivity index (χ2v) is 6.66. The van der Waals surface area contributed by atoms with Gasteiger partial charge in [-0.15, -0.1) is 0 Å². The summed E-state index contributed by atoms with van der Waals surface area (Å²) in [6, 6.07) is 3.38. The summed E-state index contributed by atoms with van der Waals surface area (Å²) >= 11 is 0. The number of halogens is 3. The van der Waals surface area contributed by atoms with Crippen LogP contribution in [0.15, 0.2) is 29.2 Å². The zero-order chi connectivity index (χ0) is 16.3. The Morgan fingerprint density at radius 1 is 1.24 bits per heavy atom. The van der Waals surface area contributed by atoms with Gasteiger partial charge in [-0.25, -0.2) is 13.1 Å². The summed E-state index contributed by atoms with van der Waals surface area (Å²) in [4.78, 5) is -0.805. The largest absolute Gasteiger partial charge is 0.417 e. The van der Waals surface area contributed by atoms with Crippen LogP contribution in [0.1, 0.15) is 25.8 Å². The number of benzene rings is 1. The first-order valence-electron chi connectivity index (χ1n) is 6.39. The van der Waals surface area contributed by atoms with Gasteiger partial charge in [-0.2, -0.15) is 13.2 Å². The van der Waals surface area contributed by atoms with E-state index >= 15 is 0 Å². The van der Waals surface area contributed by atoms with Crippen molar-refractivity contribution < 1.29 is 26.7 Å². The van der Waals surface area contributed by atoms with E-state index in [1.165, 1.54) is 6.07 Å². The van der Waals surface area contributed by atoms with Gasteiger partial charge in [-0.3, -0.25) is 0 Å². The number of aliphatic hydroxyl groups excluding tert-OH is 1. The molecule has 1 atom stereocenters. The van der Waals surface area contributed by atoms with Crippen molar-refractivity contribution in [2.75, 3.05) is 6.61 Å². The molecule has 2 N–H and O–H groups in total. The van der Waals surface area contributed by atoms with Crippen molar-refractivity contribution >= 4 is 10.0 Å². The van der Waals surface area contributed by atoms with E-state index in [0.717, 1.165) is 18.2 Å². The molecular formula is C13H18F3NO3S. The third-order valence-corrected chi connectivity index (χ3v) is 4.58. The summed E-state index contributed by atoms with van der Waals surface area (Å²) in [5.41, 5.74) is -1.20. The molecule has 0 fully saturated rings. The molecule has 0 aromatic heterocycles. The molecule has 0 bridgehead atoms. The van der Waals surface area contributed by atoms with Crippen molar-refractivity contribution in [1.29, 1.82) is 0 Å². The van der Waals surface area contributed by atoms with Gasteiger partial charge in [-0.1, -0.05) is 26.0 Å². The van der Waals surface area contributed by atoms with Crippen LogP contribution in [0.25, 0.3) is 0 Å². The molecule has 1 aromatic carbocycles. The van der Waals surface area contributed by atoms with Gasteiger partial charge in [-0.05, 0) is 24.5 Å². The molecule has 0 aliphatic carbocycles. The van der Waals surface area contributed by atoms with Crippen LogP contribution in [0.5, 0.6) is 0 Å². The summed E-state index contributed by atoms with van der Waals surface area (Å²) in [6.45, 7) is 3.18. The molecule has 0 spiro atoms.